The monoisotopic (exact) mass is 185 g/mol. The Morgan fingerprint density at radius 2 is 1.77 bits per heavy atom. The molecule has 3 heteroatoms. The van der Waals surface area contributed by atoms with E-state index in [1.165, 1.54) is 0 Å². The highest BCUT2D eigenvalue weighted by atomic mass is 16.5. The SMILES string of the molecule is CC(C)C(=O)N1C[C@@H](C)O[C@H](C)C1. The van der Waals surface area contributed by atoms with Crippen molar-refractivity contribution in [1.82, 2.24) is 4.90 Å². The van der Waals surface area contributed by atoms with Crippen molar-refractivity contribution in [1.29, 1.82) is 0 Å². The highest BCUT2D eigenvalue weighted by Gasteiger charge is 2.26. The number of carbonyl (C=O) groups is 1. The zero-order chi connectivity index (χ0) is 10.0. The van der Waals surface area contributed by atoms with Crippen molar-refractivity contribution in [3.63, 3.8) is 0 Å². The van der Waals surface area contributed by atoms with Crippen molar-refractivity contribution in [3.8, 4) is 0 Å². The minimum Gasteiger partial charge on any atom is -0.372 e. The molecule has 0 aromatic carbocycles. The van der Waals surface area contributed by atoms with E-state index < -0.39 is 0 Å². The number of carbonyl (C=O) groups excluding carboxylic acids is 1. The van der Waals surface area contributed by atoms with Gasteiger partial charge in [0.2, 0.25) is 5.91 Å². The summed E-state index contributed by atoms with van der Waals surface area (Å²) in [6.07, 6.45) is 0.345. The van der Waals surface area contributed by atoms with Gasteiger partial charge in [0.1, 0.15) is 0 Å². The lowest BCUT2D eigenvalue weighted by atomic mass is 10.1. The lowest BCUT2D eigenvalue weighted by Crippen LogP contribution is -2.49. The summed E-state index contributed by atoms with van der Waals surface area (Å²) in [4.78, 5) is 13.6. The van der Waals surface area contributed by atoms with Gasteiger partial charge in [-0.2, -0.15) is 0 Å². The van der Waals surface area contributed by atoms with E-state index in [4.69, 9.17) is 4.74 Å². The molecule has 76 valence electrons. The van der Waals surface area contributed by atoms with E-state index in [9.17, 15) is 4.79 Å². The zero-order valence-electron chi connectivity index (χ0n) is 8.91. The zero-order valence-corrected chi connectivity index (χ0v) is 8.91. The van der Waals surface area contributed by atoms with Crippen molar-refractivity contribution in [2.45, 2.75) is 39.9 Å². The van der Waals surface area contributed by atoms with Gasteiger partial charge in [0.15, 0.2) is 0 Å². The van der Waals surface area contributed by atoms with Crippen molar-refractivity contribution in [2.24, 2.45) is 5.92 Å². The molecule has 1 saturated heterocycles. The van der Waals surface area contributed by atoms with Gasteiger partial charge in [0.05, 0.1) is 12.2 Å². The van der Waals surface area contributed by atoms with Gasteiger partial charge in [-0.25, -0.2) is 0 Å². The van der Waals surface area contributed by atoms with E-state index in [-0.39, 0.29) is 24.0 Å². The molecular weight excluding hydrogens is 166 g/mol. The average Bonchev–Trinajstić information content (AvgIpc) is 2.01. The number of morpholine rings is 1. The molecule has 1 heterocycles. The van der Waals surface area contributed by atoms with Crippen LogP contribution < -0.4 is 0 Å². The molecule has 0 saturated carbocycles. The Morgan fingerprint density at radius 3 is 2.15 bits per heavy atom. The molecule has 13 heavy (non-hydrogen) atoms. The average molecular weight is 185 g/mol. The molecule has 0 aliphatic carbocycles. The topological polar surface area (TPSA) is 29.5 Å². The fourth-order valence-electron chi connectivity index (χ4n) is 1.72. The van der Waals surface area contributed by atoms with Gasteiger partial charge in [0.25, 0.3) is 0 Å². The predicted molar refractivity (Wildman–Crippen MR) is 51.4 cm³/mol. The molecule has 0 bridgehead atoms. The molecular formula is C10H19NO2. The third-order valence-electron chi connectivity index (χ3n) is 2.23. The maximum Gasteiger partial charge on any atom is 0.225 e. The van der Waals surface area contributed by atoms with E-state index in [1.54, 1.807) is 0 Å². The minimum absolute atomic E-state index is 0.0949. The van der Waals surface area contributed by atoms with Crippen LogP contribution >= 0.6 is 0 Å². The summed E-state index contributed by atoms with van der Waals surface area (Å²) < 4.78 is 5.55. The quantitative estimate of drug-likeness (QED) is 0.616. The largest absolute Gasteiger partial charge is 0.372 e. The van der Waals surface area contributed by atoms with E-state index >= 15 is 0 Å². The van der Waals surface area contributed by atoms with Crippen LogP contribution in [0.4, 0.5) is 0 Å². The van der Waals surface area contributed by atoms with Crippen molar-refractivity contribution in [2.75, 3.05) is 13.1 Å². The number of hydrogen-bond acceptors (Lipinski definition) is 2. The number of nitrogens with zero attached hydrogens (tertiary/aromatic N) is 1. The number of rotatable bonds is 1. The fraction of sp³-hybridized carbons (Fsp3) is 0.900. The van der Waals surface area contributed by atoms with E-state index in [1.807, 2.05) is 32.6 Å². The summed E-state index contributed by atoms with van der Waals surface area (Å²) in [6, 6.07) is 0. The third kappa shape index (κ3) is 2.69. The second-order valence-electron chi connectivity index (χ2n) is 4.16. The Labute approximate surface area is 80.1 Å². The van der Waals surface area contributed by atoms with Crippen LogP contribution in [0.1, 0.15) is 27.7 Å². The van der Waals surface area contributed by atoms with Crippen LogP contribution in [-0.4, -0.2) is 36.1 Å². The molecule has 1 aliphatic heterocycles. The molecule has 1 rings (SSSR count). The molecule has 3 nitrogen and oxygen atoms in total. The van der Waals surface area contributed by atoms with Gasteiger partial charge in [0, 0.05) is 19.0 Å². The second kappa shape index (κ2) is 4.09. The van der Waals surface area contributed by atoms with Gasteiger partial charge in [-0.1, -0.05) is 13.8 Å². The smallest absolute Gasteiger partial charge is 0.225 e. The predicted octanol–water partition coefficient (Wildman–Crippen LogP) is 1.28. The Hall–Kier alpha value is -0.570. The van der Waals surface area contributed by atoms with Crippen molar-refractivity contribution in [3.05, 3.63) is 0 Å². The van der Waals surface area contributed by atoms with Crippen LogP contribution in [0.2, 0.25) is 0 Å². The van der Waals surface area contributed by atoms with Crippen molar-refractivity contribution < 1.29 is 9.53 Å². The summed E-state index contributed by atoms with van der Waals surface area (Å²) >= 11 is 0. The van der Waals surface area contributed by atoms with Gasteiger partial charge in [-0.3, -0.25) is 4.79 Å². The van der Waals surface area contributed by atoms with Crippen LogP contribution in [0.15, 0.2) is 0 Å². The van der Waals surface area contributed by atoms with Gasteiger partial charge in [-0.05, 0) is 13.8 Å². The summed E-state index contributed by atoms with van der Waals surface area (Å²) in [6.45, 7) is 9.37. The maximum absolute atomic E-state index is 11.7. The normalized spacial score (nSPS) is 29.5. The first kappa shape index (κ1) is 10.5. The van der Waals surface area contributed by atoms with E-state index in [0.29, 0.717) is 0 Å². The third-order valence-corrected chi connectivity index (χ3v) is 2.23. The summed E-state index contributed by atoms with van der Waals surface area (Å²) in [5, 5.41) is 0. The standard InChI is InChI=1S/C10H19NO2/c1-7(2)10(12)11-5-8(3)13-9(4)6-11/h7-9H,5-6H2,1-4H3/t8-,9-/m1/s1. The summed E-state index contributed by atoms with van der Waals surface area (Å²) in [7, 11) is 0. The van der Waals surface area contributed by atoms with Gasteiger partial charge < -0.3 is 9.64 Å². The van der Waals surface area contributed by atoms with Crippen LogP contribution in [0.3, 0.4) is 0 Å². The first-order valence-corrected chi connectivity index (χ1v) is 4.95. The minimum atomic E-state index is 0.0949. The molecule has 2 atom stereocenters. The first-order chi connectivity index (χ1) is 6.00. The number of hydrogen-bond donors (Lipinski definition) is 0. The second-order valence-corrected chi connectivity index (χ2v) is 4.16. The molecule has 0 N–H and O–H groups in total. The van der Waals surface area contributed by atoms with E-state index in [0.717, 1.165) is 13.1 Å². The lowest BCUT2D eigenvalue weighted by molar-refractivity contribution is -0.146. The molecule has 0 aromatic rings. The summed E-state index contributed by atoms with van der Waals surface area (Å²) in [5.74, 6) is 0.333. The van der Waals surface area contributed by atoms with E-state index in [2.05, 4.69) is 0 Å². The highest BCUT2D eigenvalue weighted by molar-refractivity contribution is 5.78. The molecule has 0 aromatic heterocycles. The first-order valence-electron chi connectivity index (χ1n) is 4.95. The summed E-state index contributed by atoms with van der Waals surface area (Å²) in [5.41, 5.74) is 0. The highest BCUT2D eigenvalue weighted by Crippen LogP contribution is 2.13. The van der Waals surface area contributed by atoms with Crippen molar-refractivity contribution >= 4 is 5.91 Å². The Bertz CT molecular complexity index is 181. The molecule has 0 unspecified atom stereocenters. The number of ether oxygens (including phenoxy) is 1. The van der Waals surface area contributed by atoms with Gasteiger partial charge in [-0.15, -0.1) is 0 Å². The van der Waals surface area contributed by atoms with Gasteiger partial charge >= 0.3 is 0 Å². The lowest BCUT2D eigenvalue weighted by Gasteiger charge is -2.36. The van der Waals surface area contributed by atoms with Crippen LogP contribution in [-0.2, 0) is 9.53 Å². The Kier molecular flexibility index (Phi) is 3.31. The molecule has 1 amide bonds. The van der Waals surface area contributed by atoms with Crippen LogP contribution in [0.25, 0.3) is 0 Å². The fourth-order valence-corrected chi connectivity index (χ4v) is 1.72. The molecule has 0 radical (unpaired) electrons. The Morgan fingerprint density at radius 1 is 1.31 bits per heavy atom. The molecule has 1 fully saturated rings. The van der Waals surface area contributed by atoms with Crippen LogP contribution in [0, 0.1) is 5.92 Å². The van der Waals surface area contributed by atoms with Crippen LogP contribution in [0.5, 0.6) is 0 Å². The Balaban J connectivity index is 2.55. The molecule has 1 aliphatic rings. The maximum atomic E-state index is 11.7. The molecule has 0 spiro atoms. The number of amides is 1.